The van der Waals surface area contributed by atoms with Gasteiger partial charge < -0.3 is 0 Å². The average molecular weight is 326 g/mol. The highest BCUT2D eigenvalue weighted by Gasteiger charge is 2.14. The Hall–Kier alpha value is -1.77. The second-order valence-corrected chi connectivity index (χ2v) is 7.76. The molecule has 2 rings (SSSR count). The maximum absolute atomic E-state index is 4.82. The molecule has 0 aliphatic heterocycles. The van der Waals surface area contributed by atoms with Gasteiger partial charge in [-0.05, 0) is 41.9 Å². The van der Waals surface area contributed by atoms with Crippen LogP contribution in [-0.2, 0) is 6.42 Å². The van der Waals surface area contributed by atoms with Gasteiger partial charge in [0.1, 0.15) is 0 Å². The minimum absolute atomic E-state index is 0.346. The van der Waals surface area contributed by atoms with Gasteiger partial charge in [0.05, 0.1) is 11.4 Å². The average Bonchev–Trinajstić information content (AvgIpc) is 2.54. The molecule has 0 saturated carbocycles. The van der Waals surface area contributed by atoms with E-state index >= 15 is 0 Å². The molecule has 0 aromatic carbocycles. The van der Waals surface area contributed by atoms with Crippen molar-refractivity contribution in [2.45, 2.75) is 78.6 Å². The van der Waals surface area contributed by atoms with Crippen LogP contribution in [-0.4, -0.2) is 15.0 Å². The van der Waals surface area contributed by atoms with Crippen LogP contribution in [0.2, 0.25) is 0 Å². The Kier molecular flexibility index (Phi) is 6.09. The van der Waals surface area contributed by atoms with E-state index in [4.69, 9.17) is 9.97 Å². The van der Waals surface area contributed by atoms with E-state index in [0.717, 1.165) is 17.8 Å². The highest BCUT2D eigenvalue weighted by molar-refractivity contribution is 5.27. The Labute approximate surface area is 147 Å². The van der Waals surface area contributed by atoms with Crippen molar-refractivity contribution < 1.29 is 0 Å². The summed E-state index contributed by atoms with van der Waals surface area (Å²) in [5.41, 5.74) is 5.87. The van der Waals surface area contributed by atoms with Crippen LogP contribution in [0, 0.1) is 0 Å². The Morgan fingerprint density at radius 2 is 1.12 bits per heavy atom. The predicted molar refractivity (Wildman–Crippen MR) is 101 cm³/mol. The SMILES string of the molecule is CC(C)c1cc(CC(C)c2cncc(C(C)C)n2)cc(C(C)C)n1. The van der Waals surface area contributed by atoms with Crippen LogP contribution in [0.1, 0.15) is 100 Å². The molecule has 2 aromatic rings. The lowest BCUT2D eigenvalue weighted by Gasteiger charge is -2.16. The number of rotatable bonds is 6. The van der Waals surface area contributed by atoms with Gasteiger partial charge in [0, 0.05) is 29.7 Å². The first-order valence-electron chi connectivity index (χ1n) is 9.10. The van der Waals surface area contributed by atoms with Crippen LogP contribution in [0.3, 0.4) is 0 Å². The maximum atomic E-state index is 4.82. The van der Waals surface area contributed by atoms with Crippen LogP contribution in [0.4, 0.5) is 0 Å². The molecule has 0 radical (unpaired) electrons. The zero-order valence-electron chi connectivity index (χ0n) is 16.2. The molecule has 2 heterocycles. The van der Waals surface area contributed by atoms with Gasteiger partial charge in [-0.15, -0.1) is 0 Å². The van der Waals surface area contributed by atoms with Gasteiger partial charge in [-0.3, -0.25) is 15.0 Å². The van der Waals surface area contributed by atoms with Crippen LogP contribution in [0.25, 0.3) is 0 Å². The third kappa shape index (κ3) is 4.62. The van der Waals surface area contributed by atoms with Gasteiger partial charge >= 0.3 is 0 Å². The maximum Gasteiger partial charge on any atom is 0.0621 e. The van der Waals surface area contributed by atoms with E-state index in [1.54, 1.807) is 0 Å². The van der Waals surface area contributed by atoms with E-state index in [1.807, 2.05) is 12.4 Å². The minimum atomic E-state index is 0.346. The second-order valence-electron chi connectivity index (χ2n) is 7.76. The van der Waals surface area contributed by atoms with Crippen molar-refractivity contribution in [1.29, 1.82) is 0 Å². The van der Waals surface area contributed by atoms with Crippen molar-refractivity contribution >= 4 is 0 Å². The molecule has 0 fully saturated rings. The molecule has 1 atom stereocenters. The third-order valence-corrected chi connectivity index (χ3v) is 4.42. The minimum Gasteiger partial charge on any atom is -0.261 e. The van der Waals surface area contributed by atoms with Gasteiger partial charge in [-0.25, -0.2) is 0 Å². The van der Waals surface area contributed by atoms with Crippen molar-refractivity contribution in [3.05, 3.63) is 52.9 Å². The quantitative estimate of drug-likeness (QED) is 0.695. The number of pyridine rings is 1. The fraction of sp³-hybridized carbons (Fsp3) is 0.571. The van der Waals surface area contributed by atoms with Crippen molar-refractivity contribution in [2.24, 2.45) is 0 Å². The fourth-order valence-corrected chi connectivity index (χ4v) is 2.72. The molecule has 0 spiro atoms. The van der Waals surface area contributed by atoms with Crippen LogP contribution < -0.4 is 0 Å². The third-order valence-electron chi connectivity index (χ3n) is 4.42. The number of hydrogen-bond donors (Lipinski definition) is 0. The smallest absolute Gasteiger partial charge is 0.0621 e. The molecule has 2 aromatic heterocycles. The van der Waals surface area contributed by atoms with E-state index in [2.05, 4.69) is 65.6 Å². The van der Waals surface area contributed by atoms with Gasteiger partial charge in [-0.1, -0.05) is 48.5 Å². The summed E-state index contributed by atoms with van der Waals surface area (Å²) in [6, 6.07) is 4.51. The van der Waals surface area contributed by atoms with Gasteiger partial charge in [-0.2, -0.15) is 0 Å². The molecular weight excluding hydrogens is 294 g/mol. The summed E-state index contributed by atoms with van der Waals surface area (Å²) in [5, 5.41) is 0. The summed E-state index contributed by atoms with van der Waals surface area (Å²) < 4.78 is 0. The summed E-state index contributed by atoms with van der Waals surface area (Å²) in [6.45, 7) is 15.4. The summed E-state index contributed by atoms with van der Waals surface area (Å²) >= 11 is 0. The zero-order valence-corrected chi connectivity index (χ0v) is 16.2. The summed E-state index contributed by atoms with van der Waals surface area (Å²) in [6.07, 6.45) is 4.75. The summed E-state index contributed by atoms with van der Waals surface area (Å²) in [7, 11) is 0. The molecule has 0 bridgehead atoms. The molecule has 130 valence electrons. The van der Waals surface area contributed by atoms with Gasteiger partial charge in [0.25, 0.3) is 0 Å². The largest absolute Gasteiger partial charge is 0.261 e. The second kappa shape index (κ2) is 7.87. The topological polar surface area (TPSA) is 38.7 Å². The lowest BCUT2D eigenvalue weighted by Crippen LogP contribution is -2.07. The van der Waals surface area contributed by atoms with E-state index in [0.29, 0.717) is 23.7 Å². The fourth-order valence-electron chi connectivity index (χ4n) is 2.72. The predicted octanol–water partition coefficient (Wildman–Crippen LogP) is 5.59. The van der Waals surface area contributed by atoms with Crippen LogP contribution in [0.15, 0.2) is 24.5 Å². The van der Waals surface area contributed by atoms with Gasteiger partial charge in [0.15, 0.2) is 0 Å². The van der Waals surface area contributed by atoms with E-state index < -0.39 is 0 Å². The monoisotopic (exact) mass is 325 g/mol. The molecular formula is C21H31N3. The molecule has 0 amide bonds. The number of aromatic nitrogens is 3. The molecule has 0 aliphatic rings. The van der Waals surface area contributed by atoms with Crippen molar-refractivity contribution in [3.8, 4) is 0 Å². The standard InChI is InChI=1S/C21H31N3/c1-13(2)18-9-17(10-19(23-18)14(3)4)8-16(7)21-12-22-11-20(24-21)15(5)6/h9-16H,8H2,1-7H3. The highest BCUT2D eigenvalue weighted by atomic mass is 14.8. The Bertz CT molecular complexity index is 648. The lowest BCUT2D eigenvalue weighted by molar-refractivity contribution is 0.691. The van der Waals surface area contributed by atoms with E-state index in [9.17, 15) is 0 Å². The first-order chi connectivity index (χ1) is 11.3. The molecule has 24 heavy (non-hydrogen) atoms. The van der Waals surface area contributed by atoms with Gasteiger partial charge in [0.2, 0.25) is 0 Å². The van der Waals surface area contributed by atoms with E-state index in [-0.39, 0.29) is 0 Å². The van der Waals surface area contributed by atoms with E-state index in [1.165, 1.54) is 17.0 Å². The Morgan fingerprint density at radius 3 is 1.62 bits per heavy atom. The molecule has 3 heteroatoms. The normalized spacial score (nSPS) is 13.1. The van der Waals surface area contributed by atoms with Crippen LogP contribution in [0.5, 0.6) is 0 Å². The molecule has 0 saturated heterocycles. The Balaban J connectivity index is 2.28. The molecule has 3 nitrogen and oxygen atoms in total. The molecule has 1 unspecified atom stereocenters. The van der Waals surface area contributed by atoms with Crippen LogP contribution >= 0.6 is 0 Å². The summed E-state index contributed by atoms with van der Waals surface area (Å²) in [4.78, 5) is 14.0. The lowest BCUT2D eigenvalue weighted by atomic mass is 9.94. The Morgan fingerprint density at radius 1 is 0.667 bits per heavy atom. The number of nitrogens with zero attached hydrogens (tertiary/aromatic N) is 3. The first kappa shape index (κ1) is 18.6. The highest BCUT2D eigenvalue weighted by Crippen LogP contribution is 2.25. The number of hydrogen-bond acceptors (Lipinski definition) is 3. The molecule has 0 N–H and O–H groups in total. The molecule has 0 aliphatic carbocycles. The van der Waals surface area contributed by atoms with Crippen molar-refractivity contribution in [3.63, 3.8) is 0 Å². The van der Waals surface area contributed by atoms with Crippen molar-refractivity contribution in [2.75, 3.05) is 0 Å². The van der Waals surface area contributed by atoms with Crippen molar-refractivity contribution in [1.82, 2.24) is 15.0 Å². The zero-order chi connectivity index (χ0) is 17.9. The first-order valence-corrected chi connectivity index (χ1v) is 9.10. The summed E-state index contributed by atoms with van der Waals surface area (Å²) in [5.74, 6) is 1.65.